The van der Waals surface area contributed by atoms with Crippen LogP contribution in [0.15, 0.2) is 11.8 Å². The molecule has 0 N–H and O–H groups in total. The van der Waals surface area contributed by atoms with Crippen LogP contribution in [0.2, 0.25) is 0 Å². The maximum absolute atomic E-state index is 12.0. The van der Waals surface area contributed by atoms with Crippen LogP contribution in [-0.4, -0.2) is 0 Å². The summed E-state index contributed by atoms with van der Waals surface area (Å²) >= 11 is 0. The summed E-state index contributed by atoms with van der Waals surface area (Å²) < 4.78 is 0. The van der Waals surface area contributed by atoms with Crippen molar-refractivity contribution in [2.45, 2.75) is 52.9 Å². The summed E-state index contributed by atoms with van der Waals surface area (Å²) in [7, 11) is 0. The van der Waals surface area contributed by atoms with Crippen molar-refractivity contribution in [3.63, 3.8) is 0 Å². The van der Waals surface area contributed by atoms with Crippen LogP contribution < -0.4 is 24.0 Å². The van der Waals surface area contributed by atoms with Crippen molar-refractivity contribution in [3.05, 3.63) is 11.8 Å². The minimum atomic E-state index is -0.0278. The number of hydrogen-bond acceptors (Lipinski definition) is 1. The Morgan fingerprint density at radius 2 is 1.93 bits per heavy atom. The molecule has 0 unspecified atom stereocenters. The maximum Gasteiger partial charge on any atom is 1.00 e. The smallest absolute Gasteiger partial charge is 0.875 e. The van der Waals surface area contributed by atoms with Crippen LogP contribution in [0.3, 0.4) is 0 Å². The molecule has 1 fully saturated rings. The molecule has 1 saturated carbocycles. The Kier molecular flexibility index (Phi) is 3.69. The van der Waals surface area contributed by atoms with Crippen LogP contribution in [-0.2, 0) is 0 Å². The van der Waals surface area contributed by atoms with Crippen molar-refractivity contribution in [2.75, 3.05) is 0 Å². The molecule has 2 aliphatic carbocycles. The van der Waals surface area contributed by atoms with Crippen LogP contribution in [0.4, 0.5) is 0 Å². The van der Waals surface area contributed by atoms with Crippen LogP contribution in [0.5, 0.6) is 0 Å². The van der Waals surface area contributed by atoms with Gasteiger partial charge in [0.2, 0.25) is 0 Å². The van der Waals surface area contributed by atoms with E-state index in [1.165, 1.54) is 19.3 Å². The summed E-state index contributed by atoms with van der Waals surface area (Å²) in [6, 6.07) is 0. The van der Waals surface area contributed by atoms with Crippen LogP contribution >= 0.6 is 0 Å². The van der Waals surface area contributed by atoms with Gasteiger partial charge >= 0.3 is 18.9 Å². The molecule has 0 amide bonds. The normalized spacial score (nSPS) is 38.6. The molecule has 0 aromatic rings. The summed E-state index contributed by atoms with van der Waals surface area (Å²) in [5, 5.41) is 12.0. The summed E-state index contributed by atoms with van der Waals surface area (Å²) in [5.41, 5.74) is 0.344. The van der Waals surface area contributed by atoms with E-state index in [4.69, 9.17) is 0 Å². The van der Waals surface area contributed by atoms with Gasteiger partial charge in [-0.15, -0.1) is 5.76 Å². The molecule has 2 aliphatic rings. The van der Waals surface area contributed by atoms with Gasteiger partial charge in [-0.2, -0.15) is 0 Å². The number of hydrogen-bond donors (Lipinski definition) is 0. The number of rotatable bonds is 0. The van der Waals surface area contributed by atoms with Gasteiger partial charge in [0, 0.05) is 0 Å². The van der Waals surface area contributed by atoms with Crippen LogP contribution in [0.25, 0.3) is 0 Å². The van der Waals surface area contributed by atoms with Crippen molar-refractivity contribution in [1.82, 2.24) is 0 Å². The molecule has 2 atom stereocenters. The molecule has 80 valence electrons. The first-order chi connectivity index (χ1) is 6.47. The molecule has 15 heavy (non-hydrogen) atoms. The average molecular weight is 200 g/mol. The fraction of sp³-hybridized carbons (Fsp3) is 0.846. The first-order valence-electron chi connectivity index (χ1n) is 5.84. The molecular weight excluding hydrogens is 179 g/mol. The molecule has 1 nitrogen and oxygen atoms in total. The largest absolute Gasteiger partial charge is 1.00 e. The molecule has 0 bridgehead atoms. The topological polar surface area (TPSA) is 23.1 Å². The van der Waals surface area contributed by atoms with E-state index in [1.54, 1.807) is 0 Å². The summed E-state index contributed by atoms with van der Waals surface area (Å²) in [5.74, 6) is 1.03. The van der Waals surface area contributed by atoms with E-state index < -0.39 is 0 Å². The Morgan fingerprint density at radius 1 is 1.27 bits per heavy atom. The fourth-order valence-electron chi connectivity index (χ4n) is 3.74. The van der Waals surface area contributed by atoms with Gasteiger partial charge in [0.25, 0.3) is 0 Å². The number of allylic oxidation sites excluding steroid dienone is 2. The standard InChI is InChI=1S/C13H22O.Li/c1-12(2)8-5-9-13(3)10(12)6-4-7-11(13)14;/h7,10,14H,4-6,8-9H2,1-3H3;/q;+1/p-1/t10-,13-;/m0./s1. The SMILES string of the molecule is CC1(C)CCC[C@]2(C)C([O-])=CCC[C@@H]12.[Li+]. The third-order valence-electron chi connectivity index (χ3n) is 4.58. The second-order valence-corrected chi connectivity index (χ2v) is 5.96. The van der Waals surface area contributed by atoms with Crippen LogP contribution in [0.1, 0.15) is 52.9 Å². The van der Waals surface area contributed by atoms with Gasteiger partial charge < -0.3 is 5.11 Å². The minimum Gasteiger partial charge on any atom is -0.875 e. The van der Waals surface area contributed by atoms with Gasteiger partial charge in [0.1, 0.15) is 0 Å². The van der Waals surface area contributed by atoms with Crippen molar-refractivity contribution in [3.8, 4) is 0 Å². The fourth-order valence-corrected chi connectivity index (χ4v) is 3.74. The van der Waals surface area contributed by atoms with E-state index >= 15 is 0 Å². The molecule has 0 aliphatic heterocycles. The third kappa shape index (κ3) is 2.02. The summed E-state index contributed by atoms with van der Waals surface area (Å²) in [6.45, 7) is 6.87. The Morgan fingerprint density at radius 3 is 2.53 bits per heavy atom. The Hall–Kier alpha value is 0.137. The molecule has 0 aromatic carbocycles. The molecule has 2 rings (SSSR count). The zero-order chi connectivity index (χ0) is 10.4. The van der Waals surface area contributed by atoms with Crippen LogP contribution in [0, 0.1) is 16.7 Å². The predicted molar refractivity (Wildman–Crippen MR) is 56.5 cm³/mol. The molecular formula is C13H21LiO. The van der Waals surface area contributed by atoms with Crippen molar-refractivity contribution in [1.29, 1.82) is 0 Å². The molecule has 2 heteroatoms. The third-order valence-corrected chi connectivity index (χ3v) is 4.58. The van der Waals surface area contributed by atoms with E-state index in [0.717, 1.165) is 12.8 Å². The molecule has 0 saturated heterocycles. The zero-order valence-electron chi connectivity index (χ0n) is 10.6. The van der Waals surface area contributed by atoms with E-state index in [-0.39, 0.29) is 24.3 Å². The quantitative estimate of drug-likeness (QED) is 0.499. The Balaban J connectivity index is 0.00000112. The molecule has 0 aromatic heterocycles. The van der Waals surface area contributed by atoms with E-state index in [0.29, 0.717) is 17.1 Å². The number of fused-ring (bicyclic) bond motifs is 1. The monoisotopic (exact) mass is 200 g/mol. The molecule has 0 heterocycles. The van der Waals surface area contributed by atoms with Gasteiger partial charge in [-0.05, 0) is 42.4 Å². The predicted octanol–water partition coefficient (Wildman–Crippen LogP) is -0.139. The van der Waals surface area contributed by atoms with Gasteiger partial charge in [0.15, 0.2) is 0 Å². The van der Waals surface area contributed by atoms with Gasteiger partial charge in [-0.1, -0.05) is 33.3 Å². The second kappa shape index (κ2) is 4.19. The van der Waals surface area contributed by atoms with Gasteiger partial charge in [-0.3, -0.25) is 0 Å². The summed E-state index contributed by atoms with van der Waals surface area (Å²) in [4.78, 5) is 0. The van der Waals surface area contributed by atoms with Gasteiger partial charge in [-0.25, -0.2) is 0 Å². The average Bonchev–Trinajstić information content (AvgIpc) is 2.08. The first kappa shape index (κ1) is 13.2. The van der Waals surface area contributed by atoms with E-state index in [2.05, 4.69) is 20.8 Å². The van der Waals surface area contributed by atoms with Crippen molar-refractivity contribution >= 4 is 0 Å². The zero-order valence-corrected chi connectivity index (χ0v) is 10.6. The van der Waals surface area contributed by atoms with Crippen molar-refractivity contribution < 1.29 is 24.0 Å². The first-order valence-corrected chi connectivity index (χ1v) is 5.84. The Bertz CT molecular complexity index is 270. The Labute approximate surface area is 106 Å². The van der Waals surface area contributed by atoms with E-state index in [1.807, 2.05) is 6.08 Å². The van der Waals surface area contributed by atoms with E-state index in [9.17, 15) is 5.11 Å². The van der Waals surface area contributed by atoms with Gasteiger partial charge in [0.05, 0.1) is 0 Å². The second-order valence-electron chi connectivity index (χ2n) is 5.96. The minimum absolute atomic E-state index is 0. The molecule has 0 radical (unpaired) electrons. The maximum atomic E-state index is 12.0. The molecule has 0 spiro atoms. The van der Waals surface area contributed by atoms with Crippen molar-refractivity contribution in [2.24, 2.45) is 16.7 Å². The summed E-state index contributed by atoms with van der Waals surface area (Å²) in [6.07, 6.45) is 7.77.